The molecule has 66 valence electrons. The average Bonchev–Trinajstić information content (AvgIpc) is 2.62. The van der Waals surface area contributed by atoms with Gasteiger partial charge in [-0.05, 0) is 24.6 Å². The van der Waals surface area contributed by atoms with E-state index in [0.717, 1.165) is 16.7 Å². The Balaban J connectivity index is 2.49. The van der Waals surface area contributed by atoms with Gasteiger partial charge in [-0.3, -0.25) is 0 Å². The molecule has 0 spiro atoms. The molecule has 0 fully saturated rings. The molecule has 0 aliphatic carbocycles. The summed E-state index contributed by atoms with van der Waals surface area (Å²) in [5.74, 6) is 0.576. The van der Waals surface area contributed by atoms with Crippen LogP contribution in [0.5, 0.6) is 0 Å². The lowest BCUT2D eigenvalue weighted by Gasteiger charge is -2.00. The highest BCUT2D eigenvalue weighted by Crippen LogP contribution is 2.21. The Kier molecular flexibility index (Phi) is 1.77. The van der Waals surface area contributed by atoms with Crippen LogP contribution in [-0.2, 0) is 0 Å². The highest BCUT2D eigenvalue weighted by molar-refractivity contribution is 5.63. The monoisotopic (exact) mass is 174 g/mol. The lowest BCUT2D eigenvalue weighted by Crippen LogP contribution is -1.93. The van der Waals surface area contributed by atoms with Crippen LogP contribution in [-0.4, -0.2) is 4.98 Å². The minimum atomic E-state index is 0.576. The third-order valence-electron chi connectivity index (χ3n) is 1.97. The molecule has 0 aromatic carbocycles. The van der Waals surface area contributed by atoms with Gasteiger partial charge in [0.1, 0.15) is 5.82 Å². The van der Waals surface area contributed by atoms with Crippen molar-refractivity contribution in [3.05, 3.63) is 36.4 Å². The highest BCUT2D eigenvalue weighted by atomic mass is 16.3. The SMILES string of the molecule is Cc1cc(-c2ccoc2)cnc1N. The summed E-state index contributed by atoms with van der Waals surface area (Å²) in [5, 5.41) is 0. The van der Waals surface area contributed by atoms with Crippen LogP contribution in [0.1, 0.15) is 5.56 Å². The predicted molar refractivity (Wildman–Crippen MR) is 51.1 cm³/mol. The number of hydrogen-bond acceptors (Lipinski definition) is 3. The Morgan fingerprint density at radius 3 is 2.85 bits per heavy atom. The van der Waals surface area contributed by atoms with Gasteiger partial charge < -0.3 is 10.2 Å². The molecule has 13 heavy (non-hydrogen) atoms. The van der Waals surface area contributed by atoms with Gasteiger partial charge in [0.25, 0.3) is 0 Å². The molecule has 0 amide bonds. The third kappa shape index (κ3) is 1.40. The van der Waals surface area contributed by atoms with Crippen molar-refractivity contribution in [2.24, 2.45) is 0 Å². The Morgan fingerprint density at radius 2 is 2.23 bits per heavy atom. The minimum absolute atomic E-state index is 0.576. The van der Waals surface area contributed by atoms with E-state index in [4.69, 9.17) is 10.2 Å². The first-order valence-corrected chi connectivity index (χ1v) is 4.02. The number of nitrogens with zero attached hydrogens (tertiary/aromatic N) is 1. The zero-order chi connectivity index (χ0) is 9.26. The largest absolute Gasteiger partial charge is 0.472 e. The van der Waals surface area contributed by atoms with Gasteiger partial charge in [0.2, 0.25) is 0 Å². The first-order chi connectivity index (χ1) is 6.27. The molecule has 0 radical (unpaired) electrons. The van der Waals surface area contributed by atoms with Crippen LogP contribution in [0, 0.1) is 6.92 Å². The quantitative estimate of drug-likeness (QED) is 0.721. The summed E-state index contributed by atoms with van der Waals surface area (Å²) in [6.45, 7) is 1.94. The summed E-state index contributed by atoms with van der Waals surface area (Å²) in [6, 6.07) is 3.89. The number of pyridine rings is 1. The number of nitrogen functional groups attached to an aromatic ring is 1. The summed E-state index contributed by atoms with van der Waals surface area (Å²) >= 11 is 0. The van der Waals surface area contributed by atoms with Crippen LogP contribution >= 0.6 is 0 Å². The van der Waals surface area contributed by atoms with E-state index in [-0.39, 0.29) is 0 Å². The van der Waals surface area contributed by atoms with E-state index in [9.17, 15) is 0 Å². The smallest absolute Gasteiger partial charge is 0.126 e. The maximum absolute atomic E-state index is 5.61. The molecule has 2 heterocycles. The van der Waals surface area contributed by atoms with Gasteiger partial charge in [0.15, 0.2) is 0 Å². The molecular weight excluding hydrogens is 164 g/mol. The van der Waals surface area contributed by atoms with E-state index in [0.29, 0.717) is 5.82 Å². The number of hydrogen-bond donors (Lipinski definition) is 1. The van der Waals surface area contributed by atoms with Gasteiger partial charge in [-0.25, -0.2) is 4.98 Å². The summed E-state index contributed by atoms with van der Waals surface area (Å²) < 4.78 is 4.98. The van der Waals surface area contributed by atoms with Crippen molar-refractivity contribution >= 4 is 5.82 Å². The summed E-state index contributed by atoms with van der Waals surface area (Å²) in [6.07, 6.45) is 5.07. The Bertz CT molecular complexity index is 407. The molecule has 0 saturated heterocycles. The molecule has 0 atom stereocenters. The van der Waals surface area contributed by atoms with Crippen LogP contribution in [0.15, 0.2) is 35.3 Å². The molecule has 0 aliphatic rings. The molecular formula is C10H10N2O. The molecule has 3 heteroatoms. The van der Waals surface area contributed by atoms with Crippen molar-refractivity contribution in [3.8, 4) is 11.1 Å². The Hall–Kier alpha value is -1.77. The van der Waals surface area contributed by atoms with E-state index >= 15 is 0 Å². The van der Waals surface area contributed by atoms with E-state index in [1.165, 1.54) is 0 Å². The molecule has 0 bridgehead atoms. The molecule has 3 nitrogen and oxygen atoms in total. The van der Waals surface area contributed by atoms with Crippen molar-refractivity contribution in [3.63, 3.8) is 0 Å². The van der Waals surface area contributed by atoms with Crippen molar-refractivity contribution in [2.45, 2.75) is 6.92 Å². The van der Waals surface area contributed by atoms with Gasteiger partial charge in [0, 0.05) is 17.3 Å². The zero-order valence-electron chi connectivity index (χ0n) is 7.32. The van der Waals surface area contributed by atoms with E-state index < -0.39 is 0 Å². The normalized spacial score (nSPS) is 10.2. The number of aromatic nitrogens is 1. The van der Waals surface area contributed by atoms with Gasteiger partial charge in [-0.15, -0.1) is 0 Å². The second-order valence-corrected chi connectivity index (χ2v) is 2.94. The van der Waals surface area contributed by atoms with Gasteiger partial charge >= 0.3 is 0 Å². The highest BCUT2D eigenvalue weighted by Gasteiger charge is 2.01. The second kappa shape index (κ2) is 2.94. The van der Waals surface area contributed by atoms with Crippen LogP contribution in [0.3, 0.4) is 0 Å². The van der Waals surface area contributed by atoms with E-state index in [1.807, 2.05) is 19.1 Å². The topological polar surface area (TPSA) is 52.0 Å². The maximum atomic E-state index is 5.61. The van der Waals surface area contributed by atoms with Crippen LogP contribution in [0.2, 0.25) is 0 Å². The van der Waals surface area contributed by atoms with Crippen molar-refractivity contribution < 1.29 is 4.42 Å². The average molecular weight is 174 g/mol. The predicted octanol–water partition coefficient (Wildman–Crippen LogP) is 2.23. The van der Waals surface area contributed by atoms with Gasteiger partial charge in [0.05, 0.1) is 12.5 Å². The summed E-state index contributed by atoms with van der Waals surface area (Å²) in [5.41, 5.74) is 8.64. The van der Waals surface area contributed by atoms with Crippen LogP contribution < -0.4 is 5.73 Å². The summed E-state index contributed by atoms with van der Waals surface area (Å²) in [7, 11) is 0. The standard InChI is InChI=1S/C10H10N2O/c1-7-4-9(5-12-10(7)11)8-2-3-13-6-8/h2-6H,1H3,(H2,11,12). The lowest BCUT2D eigenvalue weighted by molar-refractivity contribution is 0.568. The lowest BCUT2D eigenvalue weighted by atomic mass is 10.1. The Labute approximate surface area is 76.2 Å². The first-order valence-electron chi connectivity index (χ1n) is 4.02. The minimum Gasteiger partial charge on any atom is -0.472 e. The number of nitrogens with two attached hydrogens (primary N) is 1. The number of aryl methyl sites for hydroxylation is 1. The van der Waals surface area contributed by atoms with Crippen LogP contribution in [0.25, 0.3) is 11.1 Å². The van der Waals surface area contributed by atoms with Gasteiger partial charge in [-0.1, -0.05) is 0 Å². The maximum Gasteiger partial charge on any atom is 0.126 e. The van der Waals surface area contributed by atoms with Crippen molar-refractivity contribution in [2.75, 3.05) is 5.73 Å². The van der Waals surface area contributed by atoms with Crippen molar-refractivity contribution in [1.82, 2.24) is 4.98 Å². The van der Waals surface area contributed by atoms with E-state index in [1.54, 1.807) is 18.7 Å². The third-order valence-corrected chi connectivity index (χ3v) is 1.97. The van der Waals surface area contributed by atoms with E-state index in [2.05, 4.69) is 4.98 Å². The molecule has 0 unspecified atom stereocenters. The first kappa shape index (κ1) is 7.86. The zero-order valence-corrected chi connectivity index (χ0v) is 7.32. The fraction of sp³-hybridized carbons (Fsp3) is 0.100. The molecule has 2 aromatic rings. The molecule has 2 aromatic heterocycles. The van der Waals surface area contributed by atoms with Crippen LogP contribution in [0.4, 0.5) is 5.82 Å². The number of anilines is 1. The fourth-order valence-corrected chi connectivity index (χ4v) is 1.17. The van der Waals surface area contributed by atoms with Crippen molar-refractivity contribution in [1.29, 1.82) is 0 Å². The number of furan rings is 1. The molecule has 2 rings (SSSR count). The molecule has 0 aliphatic heterocycles. The molecule has 2 N–H and O–H groups in total. The summed E-state index contributed by atoms with van der Waals surface area (Å²) in [4.78, 5) is 4.07. The Morgan fingerprint density at radius 1 is 1.38 bits per heavy atom. The van der Waals surface area contributed by atoms with Gasteiger partial charge in [-0.2, -0.15) is 0 Å². The second-order valence-electron chi connectivity index (χ2n) is 2.94. The molecule has 0 saturated carbocycles. The fourth-order valence-electron chi connectivity index (χ4n) is 1.17. The number of rotatable bonds is 1.